The molecule has 9 heteroatoms. The number of hydrogen-bond donors (Lipinski definition) is 2. The standard InChI is InChI=1S/C15H24N4O5/c1-22-8-11-6-19(18-17-11)7-13-14(12(20)9-24-13)16-15(21)10-2-4-23-5-3-10/h6,10,12-14,20H,2-5,7-9H2,1H3,(H,16,21)/t12-,13+,14+/m0/s1. The first-order valence-electron chi connectivity index (χ1n) is 8.23. The minimum absolute atomic E-state index is 0.0449. The lowest BCUT2D eigenvalue weighted by atomic mass is 9.98. The van der Waals surface area contributed by atoms with Crippen LogP contribution in [0.5, 0.6) is 0 Å². The molecule has 1 aromatic rings. The Hall–Kier alpha value is -1.55. The topological polar surface area (TPSA) is 108 Å². The Morgan fingerprint density at radius 3 is 3.04 bits per heavy atom. The Morgan fingerprint density at radius 2 is 2.29 bits per heavy atom. The number of methoxy groups -OCH3 is 1. The van der Waals surface area contributed by atoms with Crippen molar-refractivity contribution in [2.45, 2.75) is 44.2 Å². The van der Waals surface area contributed by atoms with Crippen molar-refractivity contribution in [3.8, 4) is 0 Å². The molecule has 3 rings (SSSR count). The van der Waals surface area contributed by atoms with E-state index in [4.69, 9.17) is 14.2 Å². The predicted octanol–water partition coefficient (Wildman–Crippen LogP) is -0.904. The minimum Gasteiger partial charge on any atom is -0.388 e. The summed E-state index contributed by atoms with van der Waals surface area (Å²) >= 11 is 0. The van der Waals surface area contributed by atoms with Gasteiger partial charge in [0.15, 0.2) is 0 Å². The molecule has 2 fully saturated rings. The second-order valence-electron chi connectivity index (χ2n) is 6.23. The Bertz CT molecular complexity index is 546. The molecule has 1 amide bonds. The largest absolute Gasteiger partial charge is 0.388 e. The summed E-state index contributed by atoms with van der Waals surface area (Å²) < 4.78 is 17.6. The van der Waals surface area contributed by atoms with Gasteiger partial charge < -0.3 is 24.6 Å². The molecule has 3 atom stereocenters. The summed E-state index contributed by atoms with van der Waals surface area (Å²) in [5, 5.41) is 21.1. The van der Waals surface area contributed by atoms with Gasteiger partial charge >= 0.3 is 0 Å². The van der Waals surface area contributed by atoms with E-state index in [1.165, 1.54) is 0 Å². The molecular formula is C15H24N4O5. The van der Waals surface area contributed by atoms with Crippen molar-refractivity contribution in [1.82, 2.24) is 20.3 Å². The van der Waals surface area contributed by atoms with E-state index in [-0.39, 0.29) is 24.5 Å². The highest BCUT2D eigenvalue weighted by molar-refractivity contribution is 5.79. The van der Waals surface area contributed by atoms with Gasteiger partial charge in [0.2, 0.25) is 5.91 Å². The Morgan fingerprint density at radius 1 is 1.50 bits per heavy atom. The van der Waals surface area contributed by atoms with Crippen LogP contribution in [0.4, 0.5) is 0 Å². The molecule has 9 nitrogen and oxygen atoms in total. The average Bonchev–Trinajstić information content (AvgIpc) is 3.17. The molecule has 0 aromatic carbocycles. The van der Waals surface area contributed by atoms with E-state index in [0.29, 0.717) is 39.2 Å². The van der Waals surface area contributed by atoms with Gasteiger partial charge in [0.1, 0.15) is 11.8 Å². The minimum atomic E-state index is -0.722. The summed E-state index contributed by atoms with van der Waals surface area (Å²) in [5.74, 6) is -0.108. The smallest absolute Gasteiger partial charge is 0.223 e. The van der Waals surface area contributed by atoms with Crippen molar-refractivity contribution < 1.29 is 24.1 Å². The first kappa shape index (κ1) is 17.3. The zero-order valence-corrected chi connectivity index (χ0v) is 13.8. The van der Waals surface area contributed by atoms with Gasteiger partial charge in [-0.05, 0) is 12.8 Å². The number of rotatable bonds is 6. The fourth-order valence-corrected chi connectivity index (χ4v) is 3.10. The van der Waals surface area contributed by atoms with Crippen LogP contribution in [0.25, 0.3) is 0 Å². The number of carbonyl (C=O) groups excluding carboxylic acids is 1. The molecule has 0 radical (unpaired) electrons. The number of ether oxygens (including phenoxy) is 3. The van der Waals surface area contributed by atoms with Crippen LogP contribution < -0.4 is 5.32 Å². The van der Waals surface area contributed by atoms with Crippen LogP contribution in [0.3, 0.4) is 0 Å². The third-order valence-electron chi connectivity index (χ3n) is 4.44. The van der Waals surface area contributed by atoms with Crippen LogP contribution in [0.1, 0.15) is 18.5 Å². The van der Waals surface area contributed by atoms with Gasteiger partial charge in [-0.1, -0.05) is 5.21 Å². The van der Waals surface area contributed by atoms with E-state index >= 15 is 0 Å². The van der Waals surface area contributed by atoms with Crippen molar-refractivity contribution in [3.05, 3.63) is 11.9 Å². The lowest BCUT2D eigenvalue weighted by Gasteiger charge is -2.26. The third-order valence-corrected chi connectivity index (χ3v) is 4.44. The third kappa shape index (κ3) is 4.10. The SMILES string of the molecule is COCc1cn(C[C@H]2OC[C@H](O)[C@H]2NC(=O)C2CCOCC2)nn1. The summed E-state index contributed by atoms with van der Waals surface area (Å²) in [7, 11) is 1.59. The molecule has 3 heterocycles. The molecule has 24 heavy (non-hydrogen) atoms. The van der Waals surface area contributed by atoms with Crippen molar-refractivity contribution in [3.63, 3.8) is 0 Å². The summed E-state index contributed by atoms with van der Waals surface area (Å²) in [4.78, 5) is 12.4. The Labute approximate surface area is 140 Å². The maximum absolute atomic E-state index is 12.4. The van der Waals surface area contributed by atoms with Crippen molar-refractivity contribution in [2.24, 2.45) is 5.92 Å². The van der Waals surface area contributed by atoms with Crippen molar-refractivity contribution in [1.29, 1.82) is 0 Å². The van der Waals surface area contributed by atoms with Gasteiger partial charge in [0.25, 0.3) is 0 Å². The van der Waals surface area contributed by atoms with Crippen LogP contribution in [0.2, 0.25) is 0 Å². The number of aromatic nitrogens is 3. The first-order chi connectivity index (χ1) is 11.7. The van der Waals surface area contributed by atoms with Crippen LogP contribution >= 0.6 is 0 Å². The number of nitrogens with one attached hydrogen (secondary N) is 1. The van der Waals surface area contributed by atoms with E-state index in [1.54, 1.807) is 18.0 Å². The lowest BCUT2D eigenvalue weighted by Crippen LogP contribution is -2.50. The van der Waals surface area contributed by atoms with Crippen LogP contribution in [-0.4, -0.2) is 71.2 Å². The quantitative estimate of drug-likeness (QED) is 0.690. The molecule has 2 N–H and O–H groups in total. The van der Waals surface area contributed by atoms with E-state index in [0.717, 1.165) is 5.69 Å². The maximum atomic E-state index is 12.4. The van der Waals surface area contributed by atoms with E-state index in [9.17, 15) is 9.90 Å². The maximum Gasteiger partial charge on any atom is 0.223 e. The monoisotopic (exact) mass is 340 g/mol. The highest BCUT2D eigenvalue weighted by Crippen LogP contribution is 2.20. The summed E-state index contributed by atoms with van der Waals surface area (Å²) in [6.45, 7) is 2.20. The molecular weight excluding hydrogens is 316 g/mol. The molecule has 1 aromatic heterocycles. The van der Waals surface area contributed by atoms with Crippen molar-refractivity contribution in [2.75, 3.05) is 26.9 Å². The fraction of sp³-hybridized carbons (Fsp3) is 0.800. The van der Waals surface area contributed by atoms with E-state index < -0.39 is 12.1 Å². The Kier molecular flexibility index (Phi) is 5.77. The highest BCUT2D eigenvalue weighted by atomic mass is 16.5. The highest BCUT2D eigenvalue weighted by Gasteiger charge is 2.38. The average molecular weight is 340 g/mol. The number of aliphatic hydroxyl groups is 1. The second kappa shape index (κ2) is 8.02. The molecule has 2 aliphatic heterocycles. The molecule has 0 spiro atoms. The number of hydrogen-bond acceptors (Lipinski definition) is 7. The van der Waals surface area contributed by atoms with Gasteiger partial charge in [0.05, 0.1) is 38.1 Å². The summed E-state index contributed by atoms with van der Waals surface area (Å²) in [6, 6.07) is -0.449. The zero-order chi connectivity index (χ0) is 16.9. The number of amides is 1. The summed E-state index contributed by atoms with van der Waals surface area (Å²) in [5.41, 5.74) is 0.721. The van der Waals surface area contributed by atoms with Gasteiger partial charge in [-0.3, -0.25) is 4.79 Å². The van der Waals surface area contributed by atoms with Gasteiger partial charge in [0, 0.05) is 26.2 Å². The van der Waals surface area contributed by atoms with Gasteiger partial charge in [-0.25, -0.2) is 4.68 Å². The zero-order valence-electron chi connectivity index (χ0n) is 13.8. The number of aliphatic hydroxyl groups excluding tert-OH is 1. The predicted molar refractivity (Wildman–Crippen MR) is 82.0 cm³/mol. The van der Waals surface area contributed by atoms with Crippen LogP contribution in [-0.2, 0) is 32.2 Å². The summed E-state index contributed by atoms with van der Waals surface area (Å²) in [6.07, 6.45) is 2.13. The number of nitrogens with zero attached hydrogens (tertiary/aromatic N) is 3. The normalized spacial score (nSPS) is 28.2. The molecule has 0 aliphatic carbocycles. The second-order valence-corrected chi connectivity index (χ2v) is 6.23. The van der Waals surface area contributed by atoms with Crippen LogP contribution in [0.15, 0.2) is 6.20 Å². The molecule has 134 valence electrons. The fourth-order valence-electron chi connectivity index (χ4n) is 3.10. The number of carbonyl (C=O) groups is 1. The molecule has 0 bridgehead atoms. The van der Waals surface area contributed by atoms with Crippen LogP contribution in [0, 0.1) is 5.92 Å². The molecule has 2 saturated heterocycles. The lowest BCUT2D eigenvalue weighted by molar-refractivity contribution is -0.129. The van der Waals surface area contributed by atoms with E-state index in [2.05, 4.69) is 15.6 Å². The molecule has 0 unspecified atom stereocenters. The first-order valence-corrected chi connectivity index (χ1v) is 8.23. The van der Waals surface area contributed by atoms with E-state index in [1.807, 2.05) is 0 Å². The van der Waals surface area contributed by atoms with Gasteiger partial charge in [-0.2, -0.15) is 0 Å². The Balaban J connectivity index is 1.58. The molecule has 2 aliphatic rings. The van der Waals surface area contributed by atoms with Crippen molar-refractivity contribution >= 4 is 5.91 Å². The molecule has 0 saturated carbocycles. The van der Waals surface area contributed by atoms with Gasteiger partial charge in [-0.15, -0.1) is 5.10 Å².